The van der Waals surface area contributed by atoms with Crippen molar-refractivity contribution < 1.29 is 29.0 Å². The Kier molecular flexibility index (Phi) is 5.89. The van der Waals surface area contributed by atoms with Gasteiger partial charge in [0.25, 0.3) is 0 Å². The highest BCUT2D eigenvalue weighted by Gasteiger charge is 2.62. The molecule has 8 nitrogen and oxygen atoms in total. The van der Waals surface area contributed by atoms with E-state index in [2.05, 4.69) is 18.5 Å². The van der Waals surface area contributed by atoms with Gasteiger partial charge in [0.2, 0.25) is 5.91 Å². The van der Waals surface area contributed by atoms with E-state index in [0.717, 1.165) is 0 Å². The molecule has 0 aromatic heterocycles. The molecule has 0 spiro atoms. The molecule has 0 saturated carbocycles. The van der Waals surface area contributed by atoms with Crippen molar-refractivity contribution in [2.75, 3.05) is 32.9 Å². The number of fused-ring (bicyclic) bond motifs is 1. The van der Waals surface area contributed by atoms with E-state index in [1.807, 2.05) is 0 Å². The summed E-state index contributed by atoms with van der Waals surface area (Å²) in [5.74, 6) is -1.28. The van der Waals surface area contributed by atoms with Gasteiger partial charge in [-0.25, -0.2) is 4.79 Å². The van der Waals surface area contributed by atoms with Crippen LogP contribution < -0.4 is 5.32 Å². The average Bonchev–Trinajstić information content (AvgIpc) is 2.93. The van der Waals surface area contributed by atoms with Crippen LogP contribution in [0.1, 0.15) is 0 Å². The number of ether oxygens (including phenoxy) is 2. The van der Waals surface area contributed by atoms with Gasteiger partial charge in [-0.3, -0.25) is 9.59 Å². The zero-order chi connectivity index (χ0) is 17.7. The van der Waals surface area contributed by atoms with Gasteiger partial charge in [0.1, 0.15) is 13.2 Å². The Bertz CT molecular complexity index is 554. The number of carbonyl (C=O) groups excluding carboxylic acids is 3. The van der Waals surface area contributed by atoms with Crippen LogP contribution in [-0.4, -0.2) is 71.0 Å². The van der Waals surface area contributed by atoms with Gasteiger partial charge in [0, 0.05) is 13.1 Å². The molecule has 2 rings (SSSR count). The SMILES string of the molecule is C=CCOC(=O)NCC1(C(=O)OCC=C)CN2C(=O)[C@H](CO)[C@H]2S1. The van der Waals surface area contributed by atoms with Gasteiger partial charge in [0.05, 0.1) is 17.9 Å². The predicted octanol–water partition coefficient (Wildman–Crippen LogP) is -0.110. The van der Waals surface area contributed by atoms with Crippen LogP contribution in [-0.2, 0) is 19.1 Å². The van der Waals surface area contributed by atoms with Crippen molar-refractivity contribution in [3.63, 3.8) is 0 Å². The monoisotopic (exact) mass is 356 g/mol. The molecule has 0 aromatic rings. The number of hydrogen-bond donors (Lipinski definition) is 2. The lowest BCUT2D eigenvalue weighted by molar-refractivity contribution is -0.153. The van der Waals surface area contributed by atoms with E-state index in [0.29, 0.717) is 0 Å². The number of aliphatic hydroxyl groups excluding tert-OH is 1. The lowest BCUT2D eigenvalue weighted by Gasteiger charge is -2.40. The number of carbonyl (C=O) groups is 3. The largest absolute Gasteiger partial charge is 0.460 e. The second-order valence-corrected chi connectivity index (χ2v) is 6.89. The number of thioether (sulfide) groups is 1. The van der Waals surface area contributed by atoms with Gasteiger partial charge in [-0.15, -0.1) is 11.8 Å². The first-order valence-electron chi connectivity index (χ1n) is 7.38. The molecule has 24 heavy (non-hydrogen) atoms. The first-order valence-corrected chi connectivity index (χ1v) is 8.26. The third-order valence-corrected chi connectivity index (χ3v) is 5.49. The number of hydrogen-bond acceptors (Lipinski definition) is 7. The van der Waals surface area contributed by atoms with Gasteiger partial charge in [-0.2, -0.15) is 0 Å². The molecule has 0 aromatic carbocycles. The van der Waals surface area contributed by atoms with Crippen LogP contribution in [0.2, 0.25) is 0 Å². The fourth-order valence-corrected chi connectivity index (χ4v) is 4.23. The van der Waals surface area contributed by atoms with Gasteiger partial charge >= 0.3 is 12.1 Å². The van der Waals surface area contributed by atoms with E-state index in [1.54, 1.807) is 0 Å². The Morgan fingerprint density at radius 2 is 2.04 bits per heavy atom. The van der Waals surface area contributed by atoms with Crippen molar-refractivity contribution in [3.05, 3.63) is 25.3 Å². The predicted molar refractivity (Wildman–Crippen MR) is 87.1 cm³/mol. The zero-order valence-electron chi connectivity index (χ0n) is 13.1. The van der Waals surface area contributed by atoms with Crippen molar-refractivity contribution in [2.45, 2.75) is 10.1 Å². The summed E-state index contributed by atoms with van der Waals surface area (Å²) in [7, 11) is 0. The maximum atomic E-state index is 12.5. The molecule has 2 aliphatic heterocycles. The normalized spacial score (nSPS) is 27.7. The number of rotatable bonds is 8. The Morgan fingerprint density at radius 1 is 1.38 bits per heavy atom. The van der Waals surface area contributed by atoms with E-state index in [4.69, 9.17) is 9.47 Å². The molecule has 2 aliphatic rings. The molecule has 0 radical (unpaired) electrons. The van der Waals surface area contributed by atoms with Crippen molar-refractivity contribution in [1.82, 2.24) is 10.2 Å². The highest BCUT2D eigenvalue weighted by Crippen LogP contribution is 2.49. The Hall–Kier alpha value is -2.00. The quantitative estimate of drug-likeness (QED) is 0.355. The Labute approximate surface area is 143 Å². The van der Waals surface area contributed by atoms with Crippen LogP contribution in [0.3, 0.4) is 0 Å². The standard InChI is InChI=1S/C15H20N2O6S/c1-3-5-22-13(20)15(8-16-14(21)23-6-4-2)9-17-11(19)10(7-18)12(17)24-15/h3-4,10,12,18H,1-2,5-9H2,(H,16,21)/t10-,12+,15?/m0/s1. The fourth-order valence-electron chi connectivity index (χ4n) is 2.57. The maximum Gasteiger partial charge on any atom is 0.407 e. The summed E-state index contributed by atoms with van der Waals surface area (Å²) in [6, 6.07) is 0. The van der Waals surface area contributed by atoms with E-state index in [1.165, 1.54) is 28.8 Å². The van der Waals surface area contributed by atoms with Crippen LogP contribution >= 0.6 is 11.8 Å². The zero-order valence-corrected chi connectivity index (χ0v) is 13.9. The molecule has 132 valence electrons. The van der Waals surface area contributed by atoms with Gasteiger partial charge in [-0.1, -0.05) is 25.3 Å². The highest BCUT2D eigenvalue weighted by molar-refractivity contribution is 8.02. The van der Waals surface area contributed by atoms with Crippen molar-refractivity contribution in [3.8, 4) is 0 Å². The highest BCUT2D eigenvalue weighted by atomic mass is 32.2. The van der Waals surface area contributed by atoms with Crippen LogP contribution in [0.5, 0.6) is 0 Å². The number of nitrogens with zero attached hydrogens (tertiary/aromatic N) is 1. The molecule has 2 amide bonds. The molecule has 9 heteroatoms. The second kappa shape index (κ2) is 7.71. The minimum Gasteiger partial charge on any atom is -0.460 e. The first-order chi connectivity index (χ1) is 11.5. The minimum absolute atomic E-state index is 0.0318. The number of aliphatic hydroxyl groups is 1. The van der Waals surface area contributed by atoms with E-state index < -0.39 is 22.7 Å². The minimum atomic E-state index is -1.14. The van der Waals surface area contributed by atoms with Crippen LogP contribution in [0, 0.1) is 5.92 Å². The van der Waals surface area contributed by atoms with Gasteiger partial charge in [0.15, 0.2) is 4.75 Å². The summed E-state index contributed by atoms with van der Waals surface area (Å²) in [6.45, 7) is 6.78. The summed E-state index contributed by atoms with van der Waals surface area (Å²) in [4.78, 5) is 37.5. The van der Waals surface area contributed by atoms with Gasteiger partial charge in [-0.05, 0) is 0 Å². The van der Waals surface area contributed by atoms with Crippen molar-refractivity contribution in [1.29, 1.82) is 0 Å². The number of alkyl carbamates (subject to hydrolysis) is 1. The smallest absolute Gasteiger partial charge is 0.407 e. The van der Waals surface area contributed by atoms with E-state index >= 15 is 0 Å². The number of esters is 1. The molecule has 1 unspecified atom stereocenters. The number of β-lactam (4-membered cyclic amide) rings is 1. The van der Waals surface area contributed by atoms with E-state index in [9.17, 15) is 19.5 Å². The Balaban J connectivity index is 2.07. The number of amides is 2. The second-order valence-electron chi connectivity index (χ2n) is 5.39. The molecule has 2 fully saturated rings. The molecule has 3 atom stereocenters. The summed E-state index contributed by atoms with van der Waals surface area (Å²) in [5.41, 5.74) is 0. The summed E-state index contributed by atoms with van der Waals surface area (Å²) < 4.78 is 8.82. The third kappa shape index (κ3) is 3.41. The molecule has 0 aliphatic carbocycles. The molecule has 2 heterocycles. The van der Waals surface area contributed by atoms with Crippen LogP contribution in [0.4, 0.5) is 4.79 Å². The third-order valence-electron chi connectivity index (χ3n) is 3.78. The summed E-state index contributed by atoms with van der Waals surface area (Å²) in [5, 5.41) is 11.5. The molecular formula is C15H20N2O6S. The first kappa shape index (κ1) is 18.3. The lowest BCUT2D eigenvalue weighted by Crippen LogP contribution is -2.58. The van der Waals surface area contributed by atoms with Crippen molar-refractivity contribution in [2.24, 2.45) is 5.92 Å². The summed E-state index contributed by atoms with van der Waals surface area (Å²) >= 11 is 1.21. The average molecular weight is 356 g/mol. The number of nitrogens with one attached hydrogen (secondary N) is 1. The lowest BCUT2D eigenvalue weighted by atomic mass is 9.97. The topological polar surface area (TPSA) is 105 Å². The van der Waals surface area contributed by atoms with Crippen LogP contribution in [0.15, 0.2) is 25.3 Å². The summed E-state index contributed by atoms with van der Waals surface area (Å²) in [6.07, 6.45) is 2.17. The molecular weight excluding hydrogens is 336 g/mol. The van der Waals surface area contributed by atoms with Gasteiger partial charge < -0.3 is 24.8 Å². The molecule has 2 saturated heterocycles. The Morgan fingerprint density at radius 3 is 2.67 bits per heavy atom. The maximum absolute atomic E-state index is 12.5. The van der Waals surface area contributed by atoms with E-state index in [-0.39, 0.29) is 44.2 Å². The molecule has 2 N–H and O–H groups in total. The van der Waals surface area contributed by atoms with Crippen LogP contribution in [0.25, 0.3) is 0 Å². The van der Waals surface area contributed by atoms with Crippen molar-refractivity contribution >= 4 is 29.7 Å². The fraction of sp³-hybridized carbons (Fsp3) is 0.533. The molecule has 0 bridgehead atoms.